The molecule has 0 atom stereocenters. The van der Waals surface area contributed by atoms with Gasteiger partial charge in [-0.25, -0.2) is 4.39 Å². The highest BCUT2D eigenvalue weighted by Gasteiger charge is 2.28. The third kappa shape index (κ3) is 1.27. The molecule has 0 spiro atoms. The number of hydrogen-bond donors (Lipinski definition) is 2. The van der Waals surface area contributed by atoms with E-state index in [1.807, 2.05) is 0 Å². The number of hydrogen-bond acceptors (Lipinski definition) is 2. The predicted molar refractivity (Wildman–Crippen MR) is 63.2 cm³/mol. The highest BCUT2D eigenvalue weighted by molar-refractivity contribution is 9.10. The second-order valence-electron chi connectivity index (χ2n) is 4.09. The summed E-state index contributed by atoms with van der Waals surface area (Å²) in [7, 11) is 0. The molecule has 3 nitrogen and oxygen atoms in total. The average molecular weight is 285 g/mol. The number of amides is 1. The van der Waals surface area contributed by atoms with Crippen LogP contribution in [0.1, 0.15) is 17.5 Å². The first-order valence-electron chi connectivity index (χ1n) is 5.25. The fourth-order valence-corrected chi connectivity index (χ4v) is 3.07. The lowest BCUT2D eigenvalue weighted by atomic mass is 10.0. The van der Waals surface area contributed by atoms with E-state index in [2.05, 4.69) is 26.6 Å². The van der Waals surface area contributed by atoms with Crippen LogP contribution in [0.5, 0.6) is 0 Å². The van der Waals surface area contributed by atoms with Crippen LogP contribution >= 0.6 is 15.9 Å². The highest BCUT2D eigenvalue weighted by Crippen LogP contribution is 2.43. The molecule has 0 bridgehead atoms. The van der Waals surface area contributed by atoms with Crippen LogP contribution in [-0.4, -0.2) is 12.5 Å². The van der Waals surface area contributed by atoms with Crippen molar-refractivity contribution in [1.82, 2.24) is 0 Å². The maximum atomic E-state index is 14.0. The molecular formula is C11H10BrFN2O. The van der Waals surface area contributed by atoms with E-state index in [4.69, 9.17) is 0 Å². The van der Waals surface area contributed by atoms with Gasteiger partial charge in [-0.05, 0) is 46.3 Å². The van der Waals surface area contributed by atoms with Crippen LogP contribution in [0.25, 0.3) is 0 Å². The van der Waals surface area contributed by atoms with E-state index in [9.17, 15) is 9.18 Å². The molecule has 2 aliphatic rings. The van der Waals surface area contributed by atoms with Gasteiger partial charge in [0, 0.05) is 0 Å². The van der Waals surface area contributed by atoms with Crippen molar-refractivity contribution in [1.29, 1.82) is 0 Å². The summed E-state index contributed by atoms with van der Waals surface area (Å²) in [4.78, 5) is 11.2. The van der Waals surface area contributed by atoms with Crippen molar-refractivity contribution in [2.75, 3.05) is 17.2 Å². The molecule has 0 radical (unpaired) electrons. The van der Waals surface area contributed by atoms with E-state index in [1.54, 1.807) is 0 Å². The Morgan fingerprint density at radius 1 is 1.19 bits per heavy atom. The molecule has 0 aromatic heterocycles. The van der Waals surface area contributed by atoms with E-state index in [-0.39, 0.29) is 18.3 Å². The minimum absolute atomic E-state index is 0.198. The molecule has 1 aromatic carbocycles. The van der Waals surface area contributed by atoms with Crippen molar-refractivity contribution in [3.8, 4) is 0 Å². The van der Waals surface area contributed by atoms with E-state index < -0.39 is 0 Å². The summed E-state index contributed by atoms with van der Waals surface area (Å²) < 4.78 is 14.5. The van der Waals surface area contributed by atoms with Crippen LogP contribution in [0.3, 0.4) is 0 Å². The Bertz CT molecular complexity index is 501. The molecule has 1 amide bonds. The number of benzene rings is 1. The van der Waals surface area contributed by atoms with Gasteiger partial charge in [-0.3, -0.25) is 4.79 Å². The Kier molecular flexibility index (Phi) is 2.17. The van der Waals surface area contributed by atoms with Crippen molar-refractivity contribution in [2.45, 2.75) is 19.3 Å². The van der Waals surface area contributed by atoms with Crippen molar-refractivity contribution in [3.05, 3.63) is 21.4 Å². The monoisotopic (exact) mass is 284 g/mol. The van der Waals surface area contributed by atoms with Gasteiger partial charge in [0.1, 0.15) is 5.69 Å². The highest BCUT2D eigenvalue weighted by atomic mass is 79.9. The molecule has 84 valence electrons. The van der Waals surface area contributed by atoms with Crippen LogP contribution in [-0.2, 0) is 17.6 Å². The van der Waals surface area contributed by atoms with E-state index >= 15 is 0 Å². The summed E-state index contributed by atoms with van der Waals surface area (Å²) in [6.07, 6.45) is 2.88. The summed E-state index contributed by atoms with van der Waals surface area (Å²) in [6, 6.07) is 0. The molecular weight excluding hydrogens is 275 g/mol. The Labute approximate surface area is 101 Å². The quantitative estimate of drug-likeness (QED) is 0.768. The minimum Gasteiger partial charge on any atom is -0.374 e. The van der Waals surface area contributed by atoms with Crippen LogP contribution in [0.2, 0.25) is 0 Å². The maximum Gasteiger partial charge on any atom is 0.243 e. The summed E-state index contributed by atoms with van der Waals surface area (Å²) >= 11 is 3.28. The van der Waals surface area contributed by atoms with Crippen LogP contribution in [0.4, 0.5) is 15.8 Å². The van der Waals surface area contributed by atoms with Crippen molar-refractivity contribution >= 4 is 33.2 Å². The summed E-state index contributed by atoms with van der Waals surface area (Å²) in [5, 5.41) is 5.60. The van der Waals surface area contributed by atoms with Gasteiger partial charge in [0.25, 0.3) is 0 Å². The van der Waals surface area contributed by atoms with E-state index in [1.165, 1.54) is 0 Å². The minimum atomic E-state index is -0.365. The number of anilines is 2. The second kappa shape index (κ2) is 3.45. The molecule has 0 saturated heterocycles. The van der Waals surface area contributed by atoms with Gasteiger partial charge in [0.15, 0.2) is 5.82 Å². The van der Waals surface area contributed by atoms with Gasteiger partial charge in [-0.2, -0.15) is 0 Å². The van der Waals surface area contributed by atoms with Gasteiger partial charge < -0.3 is 10.6 Å². The SMILES string of the molecule is O=C1CNc2c3c(c(Br)c(F)c2N1)CCC3. The Balaban J connectivity index is 2.27. The molecule has 0 unspecified atom stereocenters. The number of fused-ring (bicyclic) bond motifs is 3. The Morgan fingerprint density at radius 2 is 1.94 bits per heavy atom. The zero-order valence-electron chi connectivity index (χ0n) is 8.49. The summed E-state index contributed by atoms with van der Waals surface area (Å²) in [5.41, 5.74) is 3.25. The maximum absolute atomic E-state index is 14.0. The fraction of sp³-hybridized carbons (Fsp3) is 0.364. The lowest BCUT2D eigenvalue weighted by Gasteiger charge is -2.23. The number of rotatable bonds is 0. The number of carbonyl (C=O) groups excluding carboxylic acids is 1. The zero-order valence-corrected chi connectivity index (χ0v) is 10.1. The van der Waals surface area contributed by atoms with Crippen LogP contribution in [0, 0.1) is 5.82 Å². The molecule has 1 aromatic rings. The predicted octanol–water partition coefficient (Wildman–Crippen LogP) is 2.44. The van der Waals surface area contributed by atoms with Gasteiger partial charge in [-0.15, -0.1) is 0 Å². The van der Waals surface area contributed by atoms with Crippen molar-refractivity contribution in [2.24, 2.45) is 0 Å². The van der Waals surface area contributed by atoms with Crippen molar-refractivity contribution < 1.29 is 9.18 Å². The topological polar surface area (TPSA) is 41.1 Å². The number of nitrogens with one attached hydrogen (secondary N) is 2. The molecule has 1 aliphatic heterocycles. The van der Waals surface area contributed by atoms with E-state index in [0.717, 1.165) is 36.1 Å². The first-order chi connectivity index (χ1) is 7.68. The second-order valence-corrected chi connectivity index (χ2v) is 4.88. The van der Waals surface area contributed by atoms with Crippen molar-refractivity contribution in [3.63, 3.8) is 0 Å². The van der Waals surface area contributed by atoms with Crippen LogP contribution < -0.4 is 10.6 Å². The Morgan fingerprint density at radius 3 is 2.75 bits per heavy atom. The zero-order chi connectivity index (χ0) is 11.3. The third-order valence-electron chi connectivity index (χ3n) is 3.14. The first-order valence-corrected chi connectivity index (χ1v) is 6.04. The molecule has 3 rings (SSSR count). The summed E-state index contributed by atoms with van der Waals surface area (Å²) in [6.45, 7) is 0.223. The smallest absolute Gasteiger partial charge is 0.243 e. The molecule has 16 heavy (non-hydrogen) atoms. The van der Waals surface area contributed by atoms with Gasteiger partial charge in [0.05, 0.1) is 16.7 Å². The lowest BCUT2D eigenvalue weighted by molar-refractivity contribution is -0.114. The largest absolute Gasteiger partial charge is 0.374 e. The number of halogens is 2. The summed E-state index contributed by atoms with van der Waals surface area (Å²) in [5.74, 6) is -0.563. The fourth-order valence-electron chi connectivity index (χ4n) is 2.43. The molecule has 0 saturated carbocycles. The standard InChI is InChI=1S/C11H10BrFN2O/c12-8-5-2-1-3-6(5)10-11(9(8)13)15-7(16)4-14-10/h14H,1-4H2,(H,15,16). The van der Waals surface area contributed by atoms with Gasteiger partial charge in [-0.1, -0.05) is 0 Å². The average Bonchev–Trinajstić information content (AvgIpc) is 2.75. The molecule has 0 fully saturated rings. The first kappa shape index (κ1) is 10.1. The lowest BCUT2D eigenvalue weighted by Crippen LogP contribution is -2.29. The van der Waals surface area contributed by atoms with Crippen LogP contribution in [0.15, 0.2) is 4.47 Å². The third-order valence-corrected chi connectivity index (χ3v) is 3.96. The van der Waals surface area contributed by atoms with Gasteiger partial charge >= 0.3 is 0 Å². The molecule has 1 aliphatic carbocycles. The normalized spacial score (nSPS) is 17.5. The van der Waals surface area contributed by atoms with E-state index in [0.29, 0.717) is 10.2 Å². The molecule has 2 N–H and O–H groups in total. The molecule has 1 heterocycles. The van der Waals surface area contributed by atoms with Gasteiger partial charge in [0.2, 0.25) is 5.91 Å². The Hall–Kier alpha value is -1.10. The molecule has 5 heteroatoms. The number of carbonyl (C=O) groups is 1.